The summed E-state index contributed by atoms with van der Waals surface area (Å²) in [5.74, 6) is 0.943. The van der Waals surface area contributed by atoms with E-state index in [1.807, 2.05) is 49.3 Å². The number of nitrogens with zero attached hydrogens (tertiary/aromatic N) is 3. The van der Waals surface area contributed by atoms with Crippen LogP contribution in [-0.2, 0) is 4.79 Å². The first-order valence-corrected chi connectivity index (χ1v) is 9.74. The number of aromatic nitrogens is 2. The maximum atomic E-state index is 12.7. The second kappa shape index (κ2) is 9.00. The molecule has 0 bridgehead atoms. The molecule has 3 rings (SSSR count). The van der Waals surface area contributed by atoms with Crippen LogP contribution in [0.1, 0.15) is 13.8 Å². The van der Waals surface area contributed by atoms with Crippen molar-refractivity contribution in [3.63, 3.8) is 0 Å². The van der Waals surface area contributed by atoms with Crippen molar-refractivity contribution in [3.8, 4) is 5.75 Å². The van der Waals surface area contributed by atoms with Gasteiger partial charge in [0.05, 0.1) is 11.9 Å². The molecule has 0 spiro atoms. The third kappa shape index (κ3) is 5.61. The number of anilines is 4. The fourth-order valence-corrected chi connectivity index (χ4v) is 2.70. The van der Waals surface area contributed by atoms with Crippen molar-refractivity contribution in [1.82, 2.24) is 10.2 Å². The van der Waals surface area contributed by atoms with E-state index in [1.165, 1.54) is 0 Å². The smallest absolute Gasteiger partial charge is 0.267 e. The van der Waals surface area contributed by atoms with Crippen LogP contribution >= 0.6 is 11.6 Å². The van der Waals surface area contributed by atoms with Gasteiger partial charge in [-0.1, -0.05) is 11.6 Å². The molecule has 156 valence electrons. The summed E-state index contributed by atoms with van der Waals surface area (Å²) in [6.07, 6.45) is 1.69. The van der Waals surface area contributed by atoms with Gasteiger partial charge in [0.15, 0.2) is 11.4 Å². The number of nitrogens with one attached hydrogen (secondary N) is 2. The molecule has 8 heteroatoms. The average molecular weight is 426 g/mol. The molecular formula is C22H24ClN5O2. The standard InChI is InChI=1S/C22H24ClN5O2/c1-22(2,30-19-11-5-15(23)6-12-19)21(29)26-17-9-7-16(8-10-17)25-20-13-18(28(3)4)14-24-27-20/h5-14H,1-4H3,(H,25,27)(H,26,29). The summed E-state index contributed by atoms with van der Waals surface area (Å²) in [5.41, 5.74) is 1.37. The van der Waals surface area contributed by atoms with E-state index in [9.17, 15) is 4.79 Å². The van der Waals surface area contributed by atoms with Crippen LogP contribution < -0.4 is 20.3 Å². The molecule has 2 aromatic carbocycles. The van der Waals surface area contributed by atoms with Gasteiger partial charge in [0.1, 0.15) is 5.75 Å². The van der Waals surface area contributed by atoms with Crippen LogP contribution in [0.15, 0.2) is 60.8 Å². The number of carbonyl (C=O) groups is 1. The van der Waals surface area contributed by atoms with Crippen molar-refractivity contribution < 1.29 is 9.53 Å². The Morgan fingerprint density at radius 1 is 1.03 bits per heavy atom. The lowest BCUT2D eigenvalue weighted by Crippen LogP contribution is -2.42. The number of hydrogen-bond donors (Lipinski definition) is 2. The molecule has 1 amide bonds. The first-order chi connectivity index (χ1) is 14.2. The van der Waals surface area contributed by atoms with Crippen LogP contribution in [0.5, 0.6) is 5.75 Å². The number of rotatable bonds is 7. The summed E-state index contributed by atoms with van der Waals surface area (Å²) >= 11 is 5.89. The molecule has 7 nitrogen and oxygen atoms in total. The molecule has 0 aliphatic rings. The molecule has 0 unspecified atom stereocenters. The number of carbonyl (C=O) groups excluding carboxylic acids is 1. The largest absolute Gasteiger partial charge is 0.478 e. The second-order valence-corrected chi connectivity index (χ2v) is 7.85. The Balaban J connectivity index is 1.62. The van der Waals surface area contributed by atoms with Gasteiger partial charge in [-0.2, -0.15) is 5.10 Å². The molecular weight excluding hydrogens is 402 g/mol. The number of amides is 1. The SMILES string of the molecule is CN(C)c1cnnc(Nc2ccc(NC(=O)C(C)(C)Oc3ccc(Cl)cc3)cc2)c1. The lowest BCUT2D eigenvalue weighted by molar-refractivity contribution is -0.128. The van der Waals surface area contributed by atoms with Gasteiger partial charge in [-0.05, 0) is 62.4 Å². The van der Waals surface area contributed by atoms with E-state index in [0.717, 1.165) is 11.4 Å². The minimum Gasteiger partial charge on any atom is -0.478 e. The molecule has 0 fully saturated rings. The minimum absolute atomic E-state index is 0.261. The highest BCUT2D eigenvalue weighted by Gasteiger charge is 2.30. The highest BCUT2D eigenvalue weighted by Crippen LogP contribution is 2.23. The summed E-state index contributed by atoms with van der Waals surface area (Å²) in [5, 5.41) is 14.8. The topological polar surface area (TPSA) is 79.4 Å². The lowest BCUT2D eigenvalue weighted by Gasteiger charge is -2.25. The van der Waals surface area contributed by atoms with Crippen molar-refractivity contribution >= 4 is 40.4 Å². The summed E-state index contributed by atoms with van der Waals surface area (Å²) in [6, 6.07) is 16.1. The van der Waals surface area contributed by atoms with E-state index in [-0.39, 0.29) is 5.91 Å². The zero-order valence-electron chi connectivity index (χ0n) is 17.3. The molecule has 30 heavy (non-hydrogen) atoms. The van der Waals surface area contributed by atoms with Crippen molar-refractivity contribution in [3.05, 3.63) is 65.8 Å². The van der Waals surface area contributed by atoms with Gasteiger partial charge < -0.3 is 20.3 Å². The van der Waals surface area contributed by atoms with Gasteiger partial charge in [0, 0.05) is 36.6 Å². The Labute approximate surface area is 181 Å². The monoisotopic (exact) mass is 425 g/mol. The highest BCUT2D eigenvalue weighted by atomic mass is 35.5. The van der Waals surface area contributed by atoms with Crippen LogP contribution in [0.3, 0.4) is 0 Å². The van der Waals surface area contributed by atoms with Gasteiger partial charge >= 0.3 is 0 Å². The van der Waals surface area contributed by atoms with Crippen LogP contribution in [-0.4, -0.2) is 35.8 Å². The Bertz CT molecular complexity index is 1000. The molecule has 3 aromatic rings. The second-order valence-electron chi connectivity index (χ2n) is 7.42. The van der Waals surface area contributed by atoms with E-state index in [4.69, 9.17) is 16.3 Å². The Morgan fingerprint density at radius 3 is 2.30 bits per heavy atom. The van der Waals surface area contributed by atoms with Crippen molar-refractivity contribution in [2.45, 2.75) is 19.4 Å². The van der Waals surface area contributed by atoms with Crippen LogP contribution in [0.25, 0.3) is 0 Å². The van der Waals surface area contributed by atoms with E-state index < -0.39 is 5.60 Å². The predicted molar refractivity (Wildman–Crippen MR) is 121 cm³/mol. The molecule has 0 aliphatic carbocycles. The normalized spacial score (nSPS) is 11.0. The summed E-state index contributed by atoms with van der Waals surface area (Å²) in [6.45, 7) is 3.42. The van der Waals surface area contributed by atoms with Crippen molar-refractivity contribution in [1.29, 1.82) is 0 Å². The number of benzene rings is 2. The van der Waals surface area contributed by atoms with Gasteiger partial charge in [0.2, 0.25) is 0 Å². The Kier molecular flexibility index (Phi) is 6.42. The molecule has 0 saturated heterocycles. The molecule has 0 atom stereocenters. The van der Waals surface area contributed by atoms with Gasteiger partial charge in [-0.15, -0.1) is 5.10 Å². The zero-order chi connectivity index (χ0) is 21.7. The molecule has 1 heterocycles. The fraction of sp³-hybridized carbons (Fsp3) is 0.227. The summed E-state index contributed by atoms with van der Waals surface area (Å²) in [4.78, 5) is 14.6. The maximum absolute atomic E-state index is 12.7. The van der Waals surface area contributed by atoms with Crippen LogP contribution in [0, 0.1) is 0 Å². The molecule has 0 radical (unpaired) electrons. The first kappa shape index (κ1) is 21.4. The van der Waals surface area contributed by atoms with E-state index >= 15 is 0 Å². The van der Waals surface area contributed by atoms with Crippen LogP contribution in [0.4, 0.5) is 22.9 Å². The van der Waals surface area contributed by atoms with E-state index in [1.54, 1.807) is 44.3 Å². The Morgan fingerprint density at radius 2 is 1.67 bits per heavy atom. The quantitative estimate of drug-likeness (QED) is 0.569. The van der Waals surface area contributed by atoms with Crippen LogP contribution in [0.2, 0.25) is 5.02 Å². The molecule has 0 aliphatic heterocycles. The lowest BCUT2D eigenvalue weighted by atomic mass is 10.1. The van der Waals surface area contributed by atoms with E-state index in [0.29, 0.717) is 22.3 Å². The van der Waals surface area contributed by atoms with Crippen molar-refractivity contribution in [2.75, 3.05) is 29.6 Å². The van der Waals surface area contributed by atoms with Gasteiger partial charge in [0.25, 0.3) is 5.91 Å². The number of hydrogen-bond acceptors (Lipinski definition) is 6. The highest BCUT2D eigenvalue weighted by molar-refractivity contribution is 6.30. The fourth-order valence-electron chi connectivity index (χ4n) is 2.57. The van der Waals surface area contributed by atoms with Gasteiger partial charge in [-0.25, -0.2) is 0 Å². The number of ether oxygens (including phenoxy) is 1. The Hall–Kier alpha value is -3.32. The first-order valence-electron chi connectivity index (χ1n) is 9.36. The minimum atomic E-state index is -1.06. The van der Waals surface area contributed by atoms with Crippen molar-refractivity contribution in [2.24, 2.45) is 0 Å². The molecule has 1 aromatic heterocycles. The van der Waals surface area contributed by atoms with E-state index in [2.05, 4.69) is 20.8 Å². The summed E-state index contributed by atoms with van der Waals surface area (Å²) < 4.78 is 5.82. The maximum Gasteiger partial charge on any atom is 0.267 e. The molecule has 0 saturated carbocycles. The zero-order valence-corrected chi connectivity index (χ0v) is 18.1. The third-order valence-corrected chi connectivity index (χ3v) is 4.56. The summed E-state index contributed by atoms with van der Waals surface area (Å²) in [7, 11) is 3.88. The van der Waals surface area contributed by atoms with Gasteiger partial charge in [-0.3, -0.25) is 4.79 Å². The average Bonchev–Trinajstić information content (AvgIpc) is 2.71. The number of halogens is 1. The molecule has 2 N–H and O–H groups in total. The third-order valence-electron chi connectivity index (χ3n) is 4.31. The predicted octanol–water partition coefficient (Wildman–Crippen LogP) is 4.74.